The molecule has 0 aromatic heterocycles. The highest BCUT2D eigenvalue weighted by molar-refractivity contribution is 5.70. The number of carboxylic acids is 1. The summed E-state index contributed by atoms with van der Waals surface area (Å²) in [6, 6.07) is 11.6. The van der Waals surface area contributed by atoms with Crippen LogP contribution in [0.3, 0.4) is 0 Å². The van der Waals surface area contributed by atoms with Gasteiger partial charge in [0.25, 0.3) is 0 Å². The van der Waals surface area contributed by atoms with E-state index in [9.17, 15) is 9.90 Å². The van der Waals surface area contributed by atoms with Gasteiger partial charge >= 0.3 is 5.97 Å². The third kappa shape index (κ3) is 5.05. The van der Waals surface area contributed by atoms with Crippen LogP contribution < -0.4 is 18.9 Å². The predicted octanol–water partition coefficient (Wildman–Crippen LogP) is 4.00. The van der Waals surface area contributed by atoms with E-state index >= 15 is 0 Å². The number of benzene rings is 2. The van der Waals surface area contributed by atoms with Gasteiger partial charge in [-0.1, -0.05) is 12.1 Å². The smallest absolute Gasteiger partial charge is 0.307 e. The van der Waals surface area contributed by atoms with Crippen LogP contribution in [0.1, 0.15) is 36.9 Å². The summed E-state index contributed by atoms with van der Waals surface area (Å²) >= 11 is 0. The van der Waals surface area contributed by atoms with Crippen LogP contribution in [0.25, 0.3) is 0 Å². The van der Waals surface area contributed by atoms with Crippen molar-refractivity contribution < 1.29 is 28.8 Å². The van der Waals surface area contributed by atoms with Crippen molar-refractivity contribution in [3.63, 3.8) is 0 Å². The fraction of sp³-hybridized carbons (Fsp3) is 0.458. The summed E-state index contributed by atoms with van der Waals surface area (Å²) in [5.74, 6) is 1.29. The Balaban J connectivity index is 2.12. The van der Waals surface area contributed by atoms with Crippen LogP contribution in [0, 0.1) is 5.92 Å². The number of nitrogens with zero attached hydrogens (tertiary/aromatic N) is 1. The zero-order valence-corrected chi connectivity index (χ0v) is 18.6. The maximum absolute atomic E-state index is 11.7. The Labute approximate surface area is 183 Å². The van der Waals surface area contributed by atoms with Gasteiger partial charge in [-0.3, -0.25) is 9.69 Å². The highest BCUT2D eigenvalue weighted by Gasteiger charge is 2.32. The molecular weight excluding hydrogens is 398 g/mol. The van der Waals surface area contributed by atoms with Crippen LogP contribution in [0.5, 0.6) is 23.0 Å². The van der Waals surface area contributed by atoms with E-state index in [2.05, 4.69) is 4.90 Å². The number of carbonyl (C=O) groups is 1. The molecule has 2 atom stereocenters. The molecule has 3 rings (SSSR count). The summed E-state index contributed by atoms with van der Waals surface area (Å²) < 4.78 is 22.4. The molecule has 2 aromatic carbocycles. The SMILES string of the molecule is CCOc1cccc(C(c2cc(OC)c(OC)c(OC)c2)N2CCCC(C(=O)O)C2)c1. The van der Waals surface area contributed by atoms with E-state index in [0.29, 0.717) is 36.8 Å². The Morgan fingerprint density at radius 2 is 1.81 bits per heavy atom. The van der Waals surface area contributed by atoms with Crippen LogP contribution in [0.15, 0.2) is 36.4 Å². The van der Waals surface area contributed by atoms with Gasteiger partial charge in [-0.05, 0) is 61.7 Å². The quantitative estimate of drug-likeness (QED) is 0.646. The first-order valence-corrected chi connectivity index (χ1v) is 10.5. The molecule has 0 saturated carbocycles. The lowest BCUT2D eigenvalue weighted by atomic mass is 9.91. The number of piperidine rings is 1. The maximum Gasteiger partial charge on any atom is 0.307 e. The molecular formula is C24H31NO6. The van der Waals surface area contributed by atoms with Crippen molar-refractivity contribution in [1.82, 2.24) is 4.90 Å². The fourth-order valence-electron chi connectivity index (χ4n) is 4.26. The van der Waals surface area contributed by atoms with Crippen molar-refractivity contribution in [2.75, 3.05) is 41.0 Å². The van der Waals surface area contributed by atoms with Gasteiger partial charge in [0.15, 0.2) is 11.5 Å². The monoisotopic (exact) mass is 429 g/mol. The Morgan fingerprint density at radius 3 is 2.39 bits per heavy atom. The lowest BCUT2D eigenvalue weighted by Gasteiger charge is -2.38. The van der Waals surface area contributed by atoms with Crippen molar-refractivity contribution in [2.45, 2.75) is 25.8 Å². The third-order valence-electron chi connectivity index (χ3n) is 5.65. The normalized spacial score (nSPS) is 17.6. The summed E-state index contributed by atoms with van der Waals surface area (Å²) in [5.41, 5.74) is 1.96. The predicted molar refractivity (Wildman–Crippen MR) is 117 cm³/mol. The number of hydrogen-bond donors (Lipinski definition) is 1. The Bertz CT molecular complexity index is 874. The number of hydrogen-bond acceptors (Lipinski definition) is 6. The number of aliphatic carboxylic acids is 1. The topological polar surface area (TPSA) is 77.5 Å². The van der Waals surface area contributed by atoms with E-state index < -0.39 is 11.9 Å². The average Bonchev–Trinajstić information content (AvgIpc) is 2.79. The molecule has 2 aromatic rings. The van der Waals surface area contributed by atoms with Crippen molar-refractivity contribution in [3.05, 3.63) is 47.5 Å². The first-order chi connectivity index (χ1) is 15.0. The van der Waals surface area contributed by atoms with Gasteiger partial charge in [-0.15, -0.1) is 0 Å². The Kier molecular flexibility index (Phi) is 7.63. The van der Waals surface area contributed by atoms with Gasteiger partial charge < -0.3 is 24.1 Å². The molecule has 7 heteroatoms. The molecule has 168 valence electrons. The fourth-order valence-corrected chi connectivity index (χ4v) is 4.26. The van der Waals surface area contributed by atoms with Gasteiger partial charge in [0.1, 0.15) is 5.75 Å². The molecule has 2 unspecified atom stereocenters. The minimum Gasteiger partial charge on any atom is -0.494 e. The van der Waals surface area contributed by atoms with Crippen LogP contribution in [0.2, 0.25) is 0 Å². The van der Waals surface area contributed by atoms with Crippen LogP contribution >= 0.6 is 0 Å². The van der Waals surface area contributed by atoms with Crippen LogP contribution in [0.4, 0.5) is 0 Å². The van der Waals surface area contributed by atoms with E-state index in [1.807, 2.05) is 43.3 Å². The summed E-state index contributed by atoms with van der Waals surface area (Å²) in [6.45, 7) is 3.79. The van der Waals surface area contributed by atoms with E-state index in [4.69, 9.17) is 18.9 Å². The second kappa shape index (κ2) is 10.4. The van der Waals surface area contributed by atoms with Gasteiger partial charge in [0, 0.05) is 6.54 Å². The molecule has 0 amide bonds. The third-order valence-corrected chi connectivity index (χ3v) is 5.65. The Morgan fingerprint density at radius 1 is 1.10 bits per heavy atom. The molecule has 1 saturated heterocycles. The largest absolute Gasteiger partial charge is 0.494 e. The summed E-state index contributed by atoms with van der Waals surface area (Å²) in [7, 11) is 4.76. The summed E-state index contributed by atoms with van der Waals surface area (Å²) in [5, 5.41) is 9.62. The summed E-state index contributed by atoms with van der Waals surface area (Å²) in [6.07, 6.45) is 1.51. The second-order valence-electron chi connectivity index (χ2n) is 7.54. The van der Waals surface area contributed by atoms with Crippen LogP contribution in [-0.2, 0) is 4.79 Å². The molecule has 1 aliphatic rings. The van der Waals surface area contributed by atoms with Gasteiger partial charge in [0.05, 0.1) is 39.9 Å². The summed E-state index contributed by atoms with van der Waals surface area (Å²) in [4.78, 5) is 13.9. The number of ether oxygens (including phenoxy) is 4. The maximum atomic E-state index is 11.7. The van der Waals surface area contributed by atoms with Gasteiger partial charge in [0.2, 0.25) is 5.75 Å². The number of likely N-dealkylation sites (tertiary alicyclic amines) is 1. The standard InChI is InChI=1S/C24H31NO6/c1-5-31-19-10-6-8-16(12-19)22(25-11-7-9-17(15-25)24(26)27)18-13-20(28-2)23(30-4)21(14-18)29-3/h6,8,10,12-14,17,22H,5,7,9,11,15H2,1-4H3,(H,26,27). The molecule has 0 aliphatic carbocycles. The van der Waals surface area contributed by atoms with Crippen molar-refractivity contribution in [3.8, 4) is 23.0 Å². The molecule has 31 heavy (non-hydrogen) atoms. The lowest BCUT2D eigenvalue weighted by molar-refractivity contribution is -0.143. The molecule has 1 heterocycles. The highest BCUT2D eigenvalue weighted by atomic mass is 16.5. The molecule has 1 fully saturated rings. The Hall–Kier alpha value is -2.93. The molecule has 0 radical (unpaired) electrons. The van der Waals surface area contributed by atoms with Gasteiger partial charge in [-0.2, -0.15) is 0 Å². The average molecular weight is 430 g/mol. The molecule has 1 aliphatic heterocycles. The number of carboxylic acid groups (broad SMARTS) is 1. The van der Waals surface area contributed by atoms with Gasteiger partial charge in [-0.25, -0.2) is 0 Å². The number of methoxy groups -OCH3 is 3. The minimum absolute atomic E-state index is 0.184. The van der Waals surface area contributed by atoms with Crippen molar-refractivity contribution >= 4 is 5.97 Å². The van der Waals surface area contributed by atoms with E-state index in [1.54, 1.807) is 21.3 Å². The van der Waals surface area contributed by atoms with Crippen molar-refractivity contribution in [1.29, 1.82) is 0 Å². The first kappa shape index (κ1) is 22.7. The first-order valence-electron chi connectivity index (χ1n) is 10.5. The zero-order valence-electron chi connectivity index (χ0n) is 18.6. The minimum atomic E-state index is -0.753. The number of rotatable bonds is 9. The van der Waals surface area contributed by atoms with Crippen LogP contribution in [-0.4, -0.2) is 57.0 Å². The molecule has 0 spiro atoms. The van der Waals surface area contributed by atoms with Crippen molar-refractivity contribution in [2.24, 2.45) is 5.92 Å². The van der Waals surface area contributed by atoms with E-state index in [-0.39, 0.29) is 6.04 Å². The molecule has 0 bridgehead atoms. The van der Waals surface area contributed by atoms with E-state index in [0.717, 1.165) is 29.8 Å². The lowest BCUT2D eigenvalue weighted by Crippen LogP contribution is -2.41. The molecule has 7 nitrogen and oxygen atoms in total. The second-order valence-corrected chi connectivity index (χ2v) is 7.54. The zero-order chi connectivity index (χ0) is 22.4. The highest BCUT2D eigenvalue weighted by Crippen LogP contribution is 2.43. The molecule has 1 N–H and O–H groups in total. The van der Waals surface area contributed by atoms with E-state index in [1.165, 1.54) is 0 Å².